The zero-order valence-corrected chi connectivity index (χ0v) is 26.1. The van der Waals surface area contributed by atoms with Gasteiger partial charge in [0, 0.05) is 51.7 Å². The molecule has 4 nitrogen and oxygen atoms in total. The Bertz CT molecular complexity index is 2510. The summed E-state index contributed by atoms with van der Waals surface area (Å²) in [5.41, 5.74) is 14.0. The van der Waals surface area contributed by atoms with E-state index in [1.165, 1.54) is 66.7 Å². The van der Waals surface area contributed by atoms with Crippen molar-refractivity contribution in [1.29, 1.82) is 0 Å². The molecule has 2 unspecified atom stereocenters. The van der Waals surface area contributed by atoms with Crippen LogP contribution in [0, 0.1) is 0 Å². The number of benzene rings is 5. The molecule has 10 rings (SSSR count). The third kappa shape index (κ3) is 3.96. The maximum Gasteiger partial charge on any atom is 0.0942 e. The van der Waals surface area contributed by atoms with Crippen molar-refractivity contribution >= 4 is 33.2 Å². The fraction of sp³-hybridized carbons (Fsp3) is 0.0455. The first kappa shape index (κ1) is 26.9. The van der Waals surface area contributed by atoms with Crippen molar-refractivity contribution in [2.24, 2.45) is 0 Å². The van der Waals surface area contributed by atoms with E-state index < -0.39 is 0 Å². The second-order valence-corrected chi connectivity index (χ2v) is 12.6. The van der Waals surface area contributed by atoms with E-state index in [4.69, 9.17) is 9.97 Å². The van der Waals surface area contributed by atoms with Crippen LogP contribution in [0.5, 0.6) is 0 Å². The van der Waals surface area contributed by atoms with E-state index in [0.717, 1.165) is 11.4 Å². The number of para-hydroxylation sites is 3. The van der Waals surface area contributed by atoms with Crippen molar-refractivity contribution in [3.05, 3.63) is 187 Å². The van der Waals surface area contributed by atoms with Gasteiger partial charge >= 0.3 is 0 Å². The van der Waals surface area contributed by atoms with Crippen molar-refractivity contribution in [2.45, 2.75) is 12.0 Å². The average Bonchev–Trinajstić information content (AvgIpc) is 3.73. The van der Waals surface area contributed by atoms with Crippen molar-refractivity contribution in [1.82, 2.24) is 14.5 Å². The van der Waals surface area contributed by atoms with Gasteiger partial charge in [-0.25, -0.2) is 0 Å². The molecule has 1 aliphatic heterocycles. The van der Waals surface area contributed by atoms with Crippen LogP contribution in [-0.2, 0) is 0 Å². The highest BCUT2D eigenvalue weighted by atomic mass is 15.2. The molecule has 5 aromatic carbocycles. The van der Waals surface area contributed by atoms with Gasteiger partial charge in [0.2, 0.25) is 0 Å². The van der Waals surface area contributed by atoms with Gasteiger partial charge < -0.3 is 9.47 Å². The molecule has 4 heteroatoms. The molecule has 2 aliphatic rings. The summed E-state index contributed by atoms with van der Waals surface area (Å²) in [4.78, 5) is 12.2. The Labute approximate surface area is 278 Å². The second-order valence-electron chi connectivity index (χ2n) is 12.6. The van der Waals surface area contributed by atoms with Crippen LogP contribution in [0.3, 0.4) is 0 Å². The summed E-state index contributed by atoms with van der Waals surface area (Å²) in [6, 6.07) is 54.6. The molecule has 226 valence electrons. The van der Waals surface area contributed by atoms with Crippen LogP contribution < -0.4 is 4.90 Å². The minimum atomic E-state index is 0.0836. The number of hydrogen-bond acceptors (Lipinski definition) is 3. The van der Waals surface area contributed by atoms with E-state index >= 15 is 0 Å². The lowest BCUT2D eigenvalue weighted by Gasteiger charge is -2.37. The monoisotopic (exact) mass is 614 g/mol. The van der Waals surface area contributed by atoms with Crippen LogP contribution in [-0.4, -0.2) is 14.5 Å². The predicted molar refractivity (Wildman–Crippen MR) is 196 cm³/mol. The van der Waals surface area contributed by atoms with Gasteiger partial charge in [0.25, 0.3) is 0 Å². The first-order valence-electron chi connectivity index (χ1n) is 16.5. The summed E-state index contributed by atoms with van der Waals surface area (Å²) in [7, 11) is 0. The summed E-state index contributed by atoms with van der Waals surface area (Å²) in [5.74, 6) is 0.151. The number of rotatable bonds is 4. The van der Waals surface area contributed by atoms with Crippen LogP contribution in [0.4, 0.5) is 5.69 Å². The van der Waals surface area contributed by atoms with Crippen LogP contribution in [0.1, 0.15) is 28.7 Å². The van der Waals surface area contributed by atoms with Crippen molar-refractivity contribution in [3.8, 4) is 28.2 Å². The van der Waals surface area contributed by atoms with E-state index in [-0.39, 0.29) is 12.0 Å². The van der Waals surface area contributed by atoms with E-state index in [1.54, 1.807) is 0 Å². The van der Waals surface area contributed by atoms with Gasteiger partial charge in [-0.2, -0.15) is 0 Å². The predicted octanol–water partition coefficient (Wildman–Crippen LogP) is 10.6. The second kappa shape index (κ2) is 10.6. The fourth-order valence-corrected chi connectivity index (χ4v) is 8.04. The molecule has 3 aromatic heterocycles. The molecule has 0 radical (unpaired) electrons. The standard InChI is InChI=1S/C44H30N4/c1-3-12-31(13-4-1)47-38-20-8-7-16-35(38)41-33(17-9-21-39(41)47)29-22-24-30(25-23-29)40-28-37-34-18-10-26-45-42(34)43-36(19-11-27-46-43)44(37)48(40)32-14-5-2-6-15-32/h1-28,37,44H. The summed E-state index contributed by atoms with van der Waals surface area (Å²) >= 11 is 0. The first-order chi connectivity index (χ1) is 23.8. The van der Waals surface area contributed by atoms with Crippen molar-refractivity contribution in [3.63, 3.8) is 0 Å². The fourth-order valence-electron chi connectivity index (χ4n) is 8.04. The SMILES string of the molecule is C1=C(c2ccc(-c3cccc4c3c3ccccc3n4-c3ccccc3)cc2)N(c2ccccc2)C2c3cccnc3-c3ncccc3C12. The molecule has 8 aromatic rings. The van der Waals surface area contributed by atoms with Gasteiger partial charge in [-0.15, -0.1) is 0 Å². The van der Waals surface area contributed by atoms with Gasteiger partial charge in [-0.3, -0.25) is 9.97 Å². The van der Waals surface area contributed by atoms with Crippen LogP contribution in [0.25, 0.3) is 55.7 Å². The number of aromatic nitrogens is 3. The average molecular weight is 615 g/mol. The van der Waals surface area contributed by atoms with Gasteiger partial charge in [-0.1, -0.05) is 109 Å². The molecule has 1 aliphatic carbocycles. The summed E-state index contributed by atoms with van der Waals surface area (Å²) in [6.07, 6.45) is 6.20. The quantitative estimate of drug-likeness (QED) is 0.198. The van der Waals surface area contributed by atoms with E-state index in [9.17, 15) is 0 Å². The highest BCUT2D eigenvalue weighted by molar-refractivity contribution is 6.15. The lowest BCUT2D eigenvalue weighted by molar-refractivity contribution is 0.648. The number of hydrogen-bond donors (Lipinski definition) is 0. The Balaban J connectivity index is 1.13. The van der Waals surface area contributed by atoms with Gasteiger partial charge in [0.1, 0.15) is 0 Å². The molecule has 2 atom stereocenters. The molecular formula is C44H30N4. The minimum Gasteiger partial charge on any atom is -0.333 e. The smallest absolute Gasteiger partial charge is 0.0942 e. The Kier molecular flexibility index (Phi) is 5.97. The molecule has 0 saturated carbocycles. The highest BCUT2D eigenvalue weighted by Gasteiger charge is 2.43. The van der Waals surface area contributed by atoms with Gasteiger partial charge in [0.05, 0.1) is 28.5 Å². The molecule has 4 heterocycles. The zero-order valence-electron chi connectivity index (χ0n) is 26.1. The molecule has 0 spiro atoms. The Hall–Kier alpha value is -6.26. The Morgan fingerprint density at radius 2 is 1.10 bits per heavy atom. The molecular weight excluding hydrogens is 585 g/mol. The number of nitrogens with zero attached hydrogens (tertiary/aromatic N) is 4. The topological polar surface area (TPSA) is 34.0 Å². The largest absolute Gasteiger partial charge is 0.333 e. The normalized spacial score (nSPS) is 16.4. The molecule has 0 bridgehead atoms. The maximum atomic E-state index is 4.85. The van der Waals surface area contributed by atoms with Crippen molar-refractivity contribution in [2.75, 3.05) is 4.90 Å². The molecule has 0 amide bonds. The van der Waals surface area contributed by atoms with Crippen molar-refractivity contribution < 1.29 is 0 Å². The molecule has 0 fully saturated rings. The molecule has 0 saturated heterocycles. The Morgan fingerprint density at radius 1 is 0.479 bits per heavy atom. The Morgan fingerprint density at radius 3 is 1.88 bits per heavy atom. The summed E-state index contributed by atoms with van der Waals surface area (Å²) in [5, 5.41) is 2.53. The van der Waals surface area contributed by atoms with Crippen LogP contribution in [0.2, 0.25) is 0 Å². The molecule has 48 heavy (non-hydrogen) atoms. The third-order valence-electron chi connectivity index (χ3n) is 10.0. The van der Waals surface area contributed by atoms with Gasteiger partial charge in [0.15, 0.2) is 0 Å². The number of anilines is 1. The highest BCUT2D eigenvalue weighted by Crippen LogP contribution is 2.55. The summed E-state index contributed by atoms with van der Waals surface area (Å²) in [6.45, 7) is 0. The lowest BCUT2D eigenvalue weighted by atomic mass is 9.80. The van der Waals surface area contributed by atoms with Crippen LogP contribution in [0.15, 0.2) is 170 Å². The number of pyridine rings is 2. The minimum absolute atomic E-state index is 0.0836. The molecule has 0 N–H and O–H groups in total. The van der Waals surface area contributed by atoms with Crippen LogP contribution >= 0.6 is 0 Å². The van der Waals surface area contributed by atoms with Gasteiger partial charge in [-0.05, 0) is 70.8 Å². The van der Waals surface area contributed by atoms with E-state index in [0.29, 0.717) is 0 Å². The lowest BCUT2D eigenvalue weighted by Crippen LogP contribution is -2.29. The third-order valence-corrected chi connectivity index (χ3v) is 10.0. The first-order valence-corrected chi connectivity index (χ1v) is 16.5. The van der Waals surface area contributed by atoms with E-state index in [2.05, 4.69) is 161 Å². The zero-order chi connectivity index (χ0) is 31.6. The maximum absolute atomic E-state index is 4.85. The van der Waals surface area contributed by atoms with E-state index in [1.807, 2.05) is 18.5 Å². The summed E-state index contributed by atoms with van der Waals surface area (Å²) < 4.78 is 2.38. The number of fused-ring (bicyclic) bond motifs is 9.